The molecule has 1 aromatic rings. The summed E-state index contributed by atoms with van der Waals surface area (Å²) in [5, 5.41) is 8.74. The van der Waals surface area contributed by atoms with Gasteiger partial charge >= 0.3 is 0 Å². The molecule has 2 N–H and O–H groups in total. The molecule has 62 valence electrons. The first-order valence-corrected chi connectivity index (χ1v) is 5.14. The third kappa shape index (κ3) is 1.97. The zero-order valence-corrected chi connectivity index (χ0v) is 9.89. The van der Waals surface area contributed by atoms with Crippen LogP contribution >= 0.6 is 38.5 Å². The first-order valence-electron chi connectivity index (χ1n) is 3.27. The molecule has 0 aliphatic carbocycles. The number of rotatable bonds is 1. The largest absolute Gasteiger partial charge is 0.326 e. The van der Waals surface area contributed by atoms with Crippen molar-refractivity contribution in [3.05, 3.63) is 31.3 Å². The van der Waals surface area contributed by atoms with Crippen molar-refractivity contribution < 1.29 is 0 Å². The fourth-order valence-electron chi connectivity index (χ4n) is 0.861. The molecule has 1 aromatic carbocycles. The molecule has 0 unspecified atom stereocenters. The van der Waals surface area contributed by atoms with Crippen molar-refractivity contribution >= 4 is 38.5 Å². The summed E-state index contributed by atoms with van der Waals surface area (Å²) in [5.74, 6) is 0. The molecule has 0 aliphatic heterocycles. The maximum atomic E-state index is 8.74. The summed E-state index contributed by atoms with van der Waals surface area (Å²) >= 11 is 5.55. The maximum absolute atomic E-state index is 8.74. The molecule has 2 nitrogen and oxygen atoms in total. The molecule has 1 rings (SSSR count). The second-order valence-electron chi connectivity index (χ2n) is 2.24. The van der Waals surface area contributed by atoms with E-state index in [4.69, 9.17) is 11.0 Å². The average Bonchev–Trinajstić information content (AvgIpc) is 2.09. The molecule has 0 fully saturated rings. The van der Waals surface area contributed by atoms with Crippen LogP contribution < -0.4 is 5.73 Å². The van der Waals surface area contributed by atoms with Crippen LogP contribution in [0.5, 0.6) is 0 Å². The molecule has 0 bridgehead atoms. The van der Waals surface area contributed by atoms with Gasteiger partial charge in [0.25, 0.3) is 0 Å². The van der Waals surface area contributed by atoms with Crippen molar-refractivity contribution in [3.63, 3.8) is 0 Å². The number of hydrogen-bond acceptors (Lipinski definition) is 2. The van der Waals surface area contributed by atoms with Gasteiger partial charge in [0, 0.05) is 14.6 Å². The molecule has 0 amide bonds. The zero-order valence-electron chi connectivity index (χ0n) is 6.14. The first-order chi connectivity index (χ1) is 5.69. The lowest BCUT2D eigenvalue weighted by Crippen LogP contribution is -2.00. The van der Waals surface area contributed by atoms with E-state index in [9.17, 15) is 0 Å². The number of nitrogens with two attached hydrogens (primary N) is 1. The normalized spacial score (nSPS) is 9.50. The van der Waals surface area contributed by atoms with Gasteiger partial charge < -0.3 is 5.73 Å². The van der Waals surface area contributed by atoms with E-state index >= 15 is 0 Å². The molecule has 0 saturated carbocycles. The molecule has 0 heterocycles. The predicted octanol–water partition coefficient (Wildman–Crippen LogP) is 2.38. The number of nitriles is 1. The molecule has 0 radical (unpaired) electrons. The second-order valence-corrected chi connectivity index (χ2v) is 4.26. The lowest BCUT2D eigenvalue weighted by molar-refractivity contribution is 1.06. The van der Waals surface area contributed by atoms with Crippen LogP contribution in [-0.4, -0.2) is 0 Å². The Balaban J connectivity index is 3.31. The summed E-state index contributed by atoms with van der Waals surface area (Å²) < 4.78 is 2.02. The van der Waals surface area contributed by atoms with Crippen LogP contribution in [0.1, 0.15) is 11.1 Å². The lowest BCUT2D eigenvalue weighted by Gasteiger charge is -2.02. The predicted molar refractivity (Wildman–Crippen MR) is 59.5 cm³/mol. The highest BCUT2D eigenvalue weighted by atomic mass is 127. The maximum Gasteiger partial charge on any atom is 0.0995 e. The summed E-state index contributed by atoms with van der Waals surface area (Å²) in [5.41, 5.74) is 7.01. The molecule has 0 saturated heterocycles. The minimum Gasteiger partial charge on any atom is -0.326 e. The smallest absolute Gasteiger partial charge is 0.0995 e. The summed E-state index contributed by atoms with van der Waals surface area (Å²) in [7, 11) is 0. The third-order valence-electron chi connectivity index (χ3n) is 1.49. The van der Waals surface area contributed by atoms with Gasteiger partial charge in [-0.2, -0.15) is 5.26 Å². The summed E-state index contributed by atoms with van der Waals surface area (Å²) in [6.45, 7) is 0.409. The molecule has 0 aliphatic rings. The van der Waals surface area contributed by atoms with E-state index in [2.05, 4.69) is 44.6 Å². The van der Waals surface area contributed by atoms with E-state index in [1.807, 2.05) is 6.07 Å². The quantitative estimate of drug-likeness (QED) is 0.800. The van der Waals surface area contributed by atoms with Gasteiger partial charge in [-0.05, 0) is 56.2 Å². The fourth-order valence-corrected chi connectivity index (χ4v) is 1.74. The van der Waals surface area contributed by atoms with Crippen LogP contribution in [0.4, 0.5) is 0 Å². The Morgan fingerprint density at radius 2 is 2.25 bits per heavy atom. The van der Waals surface area contributed by atoms with E-state index in [1.165, 1.54) is 0 Å². The van der Waals surface area contributed by atoms with Crippen LogP contribution in [0.2, 0.25) is 0 Å². The highest BCUT2D eigenvalue weighted by molar-refractivity contribution is 14.1. The van der Waals surface area contributed by atoms with E-state index in [0.717, 1.165) is 13.6 Å². The number of benzene rings is 1. The van der Waals surface area contributed by atoms with Crippen molar-refractivity contribution in [2.45, 2.75) is 6.54 Å². The van der Waals surface area contributed by atoms with E-state index < -0.39 is 0 Å². The van der Waals surface area contributed by atoms with Crippen LogP contribution in [-0.2, 0) is 6.54 Å². The van der Waals surface area contributed by atoms with E-state index in [0.29, 0.717) is 12.1 Å². The zero-order chi connectivity index (χ0) is 9.14. The SMILES string of the molecule is N#Cc1cc(Br)c(I)cc1CN. The third-order valence-corrected chi connectivity index (χ3v) is 3.78. The minimum atomic E-state index is 0.409. The molecule has 12 heavy (non-hydrogen) atoms. The molecule has 4 heteroatoms. The summed E-state index contributed by atoms with van der Waals surface area (Å²) in [6.07, 6.45) is 0. The standard InChI is InChI=1S/C8H6BrIN2/c9-7-1-5(3-11)6(4-12)2-8(7)10/h1-2H,4,12H2. The van der Waals surface area contributed by atoms with Crippen molar-refractivity contribution in [2.24, 2.45) is 5.73 Å². The number of halogens is 2. The lowest BCUT2D eigenvalue weighted by atomic mass is 10.1. The van der Waals surface area contributed by atoms with Gasteiger partial charge in [-0.1, -0.05) is 0 Å². The Labute approximate surface area is 93.0 Å². The Kier molecular flexibility index (Phi) is 3.50. The molecular weight excluding hydrogens is 331 g/mol. The van der Waals surface area contributed by atoms with Crippen molar-refractivity contribution in [2.75, 3.05) is 0 Å². The van der Waals surface area contributed by atoms with Crippen LogP contribution in [0.3, 0.4) is 0 Å². The molecule has 0 aromatic heterocycles. The Bertz CT molecular complexity index is 344. The van der Waals surface area contributed by atoms with Gasteiger partial charge in [0.15, 0.2) is 0 Å². The molecule has 0 spiro atoms. The van der Waals surface area contributed by atoms with E-state index in [1.54, 1.807) is 6.07 Å². The molecular formula is C8H6BrIN2. The molecule has 0 atom stereocenters. The number of nitrogens with zero attached hydrogens (tertiary/aromatic N) is 1. The summed E-state index contributed by atoms with van der Waals surface area (Å²) in [6, 6.07) is 5.82. The van der Waals surface area contributed by atoms with Gasteiger partial charge in [0.05, 0.1) is 11.6 Å². The van der Waals surface area contributed by atoms with Crippen molar-refractivity contribution in [1.29, 1.82) is 5.26 Å². The van der Waals surface area contributed by atoms with E-state index in [-0.39, 0.29) is 0 Å². The van der Waals surface area contributed by atoms with Gasteiger partial charge in [-0.15, -0.1) is 0 Å². The summed E-state index contributed by atoms with van der Waals surface area (Å²) in [4.78, 5) is 0. The number of hydrogen-bond donors (Lipinski definition) is 1. The van der Waals surface area contributed by atoms with Gasteiger partial charge in [-0.25, -0.2) is 0 Å². The average molecular weight is 337 g/mol. The highest BCUT2D eigenvalue weighted by Crippen LogP contribution is 2.22. The fraction of sp³-hybridized carbons (Fsp3) is 0.125. The van der Waals surface area contributed by atoms with Gasteiger partial charge in [0.2, 0.25) is 0 Å². The van der Waals surface area contributed by atoms with Crippen LogP contribution in [0.15, 0.2) is 16.6 Å². The van der Waals surface area contributed by atoms with Gasteiger partial charge in [-0.3, -0.25) is 0 Å². The van der Waals surface area contributed by atoms with Crippen LogP contribution in [0.25, 0.3) is 0 Å². The monoisotopic (exact) mass is 336 g/mol. The first kappa shape index (κ1) is 9.96. The van der Waals surface area contributed by atoms with Crippen LogP contribution in [0, 0.1) is 14.9 Å². The van der Waals surface area contributed by atoms with Gasteiger partial charge in [0.1, 0.15) is 0 Å². The van der Waals surface area contributed by atoms with Crippen molar-refractivity contribution in [1.82, 2.24) is 0 Å². The topological polar surface area (TPSA) is 49.8 Å². The minimum absolute atomic E-state index is 0.409. The van der Waals surface area contributed by atoms with Crippen molar-refractivity contribution in [3.8, 4) is 6.07 Å². The highest BCUT2D eigenvalue weighted by Gasteiger charge is 2.04. The Morgan fingerprint density at radius 3 is 2.75 bits per heavy atom. The second kappa shape index (κ2) is 4.21. The Morgan fingerprint density at radius 1 is 1.58 bits per heavy atom. The Hall–Kier alpha value is -0.120.